The van der Waals surface area contributed by atoms with Crippen LogP contribution in [0, 0.1) is 13.8 Å². The summed E-state index contributed by atoms with van der Waals surface area (Å²) in [5, 5.41) is 2.85. The number of rotatable bonds is 2. The Morgan fingerprint density at radius 1 is 0.967 bits per heavy atom. The van der Waals surface area contributed by atoms with E-state index in [2.05, 4.69) is 10.3 Å². The second kappa shape index (κ2) is 6.84. The van der Waals surface area contributed by atoms with Gasteiger partial charge in [-0.05, 0) is 37.6 Å². The van der Waals surface area contributed by atoms with Crippen molar-refractivity contribution in [3.63, 3.8) is 0 Å². The number of para-hydroxylation sites is 2. The summed E-state index contributed by atoms with van der Waals surface area (Å²) < 4.78 is 7.43. The topological polar surface area (TPSA) is 72.7 Å². The summed E-state index contributed by atoms with van der Waals surface area (Å²) in [5.74, 6) is 0.380. The van der Waals surface area contributed by atoms with E-state index in [1.165, 1.54) is 4.40 Å². The third-order valence-electron chi connectivity index (χ3n) is 5.34. The number of fused-ring (bicyclic) bond motifs is 3. The van der Waals surface area contributed by atoms with E-state index in [9.17, 15) is 9.59 Å². The van der Waals surface area contributed by atoms with Crippen LogP contribution in [0.1, 0.15) is 28.3 Å². The molecule has 6 nitrogen and oxygen atoms in total. The van der Waals surface area contributed by atoms with Crippen LogP contribution >= 0.6 is 0 Å². The monoisotopic (exact) mass is 397 g/mol. The molecule has 30 heavy (non-hydrogen) atoms. The van der Waals surface area contributed by atoms with Gasteiger partial charge in [0, 0.05) is 17.3 Å². The highest BCUT2D eigenvalue weighted by Crippen LogP contribution is 2.44. The van der Waals surface area contributed by atoms with Crippen molar-refractivity contribution in [2.75, 3.05) is 5.32 Å². The number of nitrogens with one attached hydrogen (secondary N) is 1. The number of hydrogen-bond acceptors (Lipinski definition) is 4. The van der Waals surface area contributed by atoms with Crippen molar-refractivity contribution in [2.24, 2.45) is 0 Å². The van der Waals surface area contributed by atoms with Crippen molar-refractivity contribution >= 4 is 17.2 Å². The Balaban J connectivity index is 1.61. The first-order valence-corrected chi connectivity index (χ1v) is 9.69. The van der Waals surface area contributed by atoms with E-state index in [1.807, 2.05) is 61.5 Å². The van der Waals surface area contributed by atoms with Gasteiger partial charge < -0.3 is 10.1 Å². The first-order chi connectivity index (χ1) is 14.5. The van der Waals surface area contributed by atoms with Crippen molar-refractivity contribution in [2.45, 2.75) is 19.8 Å². The highest BCUT2D eigenvalue weighted by Gasteiger charge is 2.33. The first-order valence-electron chi connectivity index (χ1n) is 9.69. The van der Waals surface area contributed by atoms with E-state index in [-0.39, 0.29) is 17.2 Å². The SMILES string of the molecule is Cc1ccc2nc(C)c(NC(=O)C3c4ccccc4Oc4ccccc43)c(=O)n2c1. The Hall–Kier alpha value is -3.93. The molecule has 0 atom stereocenters. The molecular formula is C24H19N3O3. The Morgan fingerprint density at radius 2 is 1.60 bits per heavy atom. The summed E-state index contributed by atoms with van der Waals surface area (Å²) in [7, 11) is 0. The summed E-state index contributed by atoms with van der Waals surface area (Å²) >= 11 is 0. The normalized spacial score (nSPS) is 12.7. The van der Waals surface area contributed by atoms with Crippen LogP contribution in [0.3, 0.4) is 0 Å². The van der Waals surface area contributed by atoms with Crippen LogP contribution in [0.5, 0.6) is 11.5 Å². The summed E-state index contributed by atoms with van der Waals surface area (Å²) in [6.07, 6.45) is 1.72. The quantitative estimate of drug-likeness (QED) is 0.551. The highest BCUT2D eigenvalue weighted by atomic mass is 16.5. The predicted molar refractivity (Wildman–Crippen MR) is 114 cm³/mol. The van der Waals surface area contributed by atoms with Crippen LogP contribution in [0.2, 0.25) is 0 Å². The fourth-order valence-corrected chi connectivity index (χ4v) is 3.89. The molecule has 5 rings (SSSR count). The molecular weight excluding hydrogens is 378 g/mol. The molecule has 0 fully saturated rings. The first kappa shape index (κ1) is 18.1. The van der Waals surface area contributed by atoms with Gasteiger partial charge in [0.1, 0.15) is 22.8 Å². The summed E-state index contributed by atoms with van der Waals surface area (Å²) in [6.45, 7) is 3.63. The Bertz CT molecular complexity index is 1330. The van der Waals surface area contributed by atoms with Gasteiger partial charge in [0.15, 0.2) is 0 Å². The fourth-order valence-electron chi connectivity index (χ4n) is 3.89. The molecule has 0 aliphatic carbocycles. The number of amides is 1. The van der Waals surface area contributed by atoms with Gasteiger partial charge in [-0.3, -0.25) is 14.0 Å². The third-order valence-corrected chi connectivity index (χ3v) is 5.34. The van der Waals surface area contributed by atoms with Gasteiger partial charge in [0.25, 0.3) is 5.56 Å². The smallest absolute Gasteiger partial charge is 0.281 e. The second-order valence-electron chi connectivity index (χ2n) is 7.41. The molecule has 1 amide bonds. The number of aryl methyl sites for hydroxylation is 2. The van der Waals surface area contributed by atoms with Crippen molar-refractivity contribution in [3.05, 3.63) is 99.6 Å². The summed E-state index contributed by atoms with van der Waals surface area (Å²) in [6, 6.07) is 18.6. The minimum Gasteiger partial charge on any atom is -0.457 e. The molecule has 1 aliphatic heterocycles. The molecule has 0 saturated heterocycles. The number of anilines is 1. The zero-order chi connectivity index (χ0) is 20.8. The number of hydrogen-bond donors (Lipinski definition) is 1. The van der Waals surface area contributed by atoms with Gasteiger partial charge in [-0.15, -0.1) is 0 Å². The van der Waals surface area contributed by atoms with E-state index in [0.717, 1.165) is 16.7 Å². The number of aromatic nitrogens is 2. The van der Waals surface area contributed by atoms with Crippen LogP contribution in [0.25, 0.3) is 5.65 Å². The molecule has 2 aromatic carbocycles. The molecule has 1 aliphatic rings. The van der Waals surface area contributed by atoms with Gasteiger partial charge in [-0.2, -0.15) is 0 Å². The third kappa shape index (κ3) is 2.85. The van der Waals surface area contributed by atoms with Gasteiger partial charge in [-0.25, -0.2) is 4.98 Å². The zero-order valence-corrected chi connectivity index (χ0v) is 16.5. The van der Waals surface area contributed by atoms with Crippen molar-refractivity contribution in [1.82, 2.24) is 9.38 Å². The molecule has 6 heteroatoms. The number of carbonyl (C=O) groups excluding carboxylic acids is 1. The van der Waals surface area contributed by atoms with Crippen LogP contribution in [-0.2, 0) is 4.79 Å². The van der Waals surface area contributed by atoms with Gasteiger partial charge in [0.2, 0.25) is 5.91 Å². The molecule has 0 spiro atoms. The van der Waals surface area contributed by atoms with E-state index in [0.29, 0.717) is 22.8 Å². The van der Waals surface area contributed by atoms with Gasteiger partial charge in [-0.1, -0.05) is 42.5 Å². The van der Waals surface area contributed by atoms with Crippen LogP contribution in [0.15, 0.2) is 71.7 Å². The van der Waals surface area contributed by atoms with Crippen molar-refractivity contribution < 1.29 is 9.53 Å². The second-order valence-corrected chi connectivity index (χ2v) is 7.41. The lowest BCUT2D eigenvalue weighted by Crippen LogP contribution is -2.30. The number of pyridine rings is 1. The molecule has 0 bridgehead atoms. The maximum atomic E-state index is 13.5. The number of carbonyl (C=O) groups is 1. The largest absolute Gasteiger partial charge is 0.457 e. The van der Waals surface area contributed by atoms with Crippen LogP contribution in [-0.4, -0.2) is 15.3 Å². The Morgan fingerprint density at radius 3 is 2.27 bits per heavy atom. The molecule has 0 radical (unpaired) electrons. The Kier molecular flexibility index (Phi) is 4.13. The van der Waals surface area contributed by atoms with E-state index in [4.69, 9.17) is 4.74 Å². The van der Waals surface area contributed by atoms with Crippen molar-refractivity contribution in [3.8, 4) is 11.5 Å². The molecule has 3 heterocycles. The lowest BCUT2D eigenvalue weighted by atomic mass is 9.87. The lowest BCUT2D eigenvalue weighted by Gasteiger charge is -2.27. The average Bonchev–Trinajstić information content (AvgIpc) is 2.75. The zero-order valence-electron chi connectivity index (χ0n) is 16.5. The van der Waals surface area contributed by atoms with Gasteiger partial charge >= 0.3 is 0 Å². The standard InChI is InChI=1S/C24H19N3O3/c1-14-11-12-20-25-15(2)22(24(29)27(20)13-14)26-23(28)21-16-7-3-5-9-18(16)30-19-10-6-4-8-17(19)21/h3-13,21H,1-2H3,(H,26,28). The minimum absolute atomic E-state index is 0.185. The maximum absolute atomic E-state index is 13.5. The summed E-state index contributed by atoms with van der Waals surface area (Å²) in [5.41, 5.74) is 3.35. The predicted octanol–water partition coefficient (Wildman–Crippen LogP) is 4.19. The van der Waals surface area contributed by atoms with E-state index in [1.54, 1.807) is 19.2 Å². The molecule has 0 saturated carbocycles. The van der Waals surface area contributed by atoms with Crippen molar-refractivity contribution in [1.29, 1.82) is 0 Å². The molecule has 0 unspecified atom stereocenters. The van der Waals surface area contributed by atoms with Crippen LogP contribution < -0.4 is 15.6 Å². The van der Waals surface area contributed by atoms with Gasteiger partial charge in [0.05, 0.1) is 11.6 Å². The molecule has 2 aromatic heterocycles. The lowest BCUT2D eigenvalue weighted by molar-refractivity contribution is -0.116. The number of nitrogens with zero attached hydrogens (tertiary/aromatic N) is 2. The fraction of sp³-hybridized carbons (Fsp3) is 0.125. The maximum Gasteiger partial charge on any atom is 0.281 e. The molecule has 4 aromatic rings. The Labute approximate surface area is 172 Å². The molecule has 1 N–H and O–H groups in total. The van der Waals surface area contributed by atoms with Crippen LogP contribution in [0.4, 0.5) is 5.69 Å². The van der Waals surface area contributed by atoms with E-state index >= 15 is 0 Å². The number of benzene rings is 2. The highest BCUT2D eigenvalue weighted by molar-refractivity contribution is 5.99. The minimum atomic E-state index is -0.594. The van der Waals surface area contributed by atoms with E-state index < -0.39 is 5.92 Å². The molecule has 148 valence electrons. The summed E-state index contributed by atoms with van der Waals surface area (Å²) in [4.78, 5) is 31.0. The average molecular weight is 397 g/mol. The number of ether oxygens (including phenoxy) is 1.